The minimum Gasteiger partial charge on any atom is -0.449 e. The van der Waals surface area contributed by atoms with Crippen LogP contribution in [0, 0.1) is 20.2 Å². The Morgan fingerprint density at radius 3 is 2.22 bits per heavy atom. The van der Waals surface area contributed by atoms with Crippen molar-refractivity contribution in [2.45, 2.75) is 0 Å². The maximum absolute atomic E-state index is 12.1. The number of hydrogen-bond donors (Lipinski definition) is 0. The maximum Gasteiger partial charge on any atom is 0.312 e. The van der Waals surface area contributed by atoms with E-state index < -0.39 is 15.3 Å². The molecule has 1 heterocycles. The van der Waals surface area contributed by atoms with Gasteiger partial charge >= 0.3 is 5.69 Å². The van der Waals surface area contributed by atoms with Crippen LogP contribution < -0.4 is 5.43 Å². The third kappa shape index (κ3) is 2.53. The second-order valence-electron chi connectivity index (χ2n) is 4.69. The zero-order valence-electron chi connectivity index (χ0n) is 11.5. The molecule has 0 saturated heterocycles. The second kappa shape index (κ2) is 5.34. The Labute approximate surface area is 127 Å². The molecule has 0 saturated carbocycles. The fourth-order valence-electron chi connectivity index (χ4n) is 2.20. The van der Waals surface area contributed by atoms with Gasteiger partial charge in [-0.15, -0.1) is 0 Å². The number of benzene rings is 2. The summed E-state index contributed by atoms with van der Waals surface area (Å²) < 4.78 is 5.51. The number of nitrogens with zero attached hydrogens (tertiary/aromatic N) is 2. The van der Waals surface area contributed by atoms with Gasteiger partial charge in [0.05, 0.1) is 15.2 Å². The van der Waals surface area contributed by atoms with Crippen LogP contribution in [0.1, 0.15) is 0 Å². The van der Waals surface area contributed by atoms with Gasteiger partial charge in [-0.3, -0.25) is 25.0 Å². The molecule has 0 bridgehead atoms. The number of hydrogen-bond acceptors (Lipinski definition) is 6. The van der Waals surface area contributed by atoms with Crippen LogP contribution in [0.4, 0.5) is 11.4 Å². The third-order valence-corrected chi connectivity index (χ3v) is 3.29. The molecular formula is C15H8N2O6. The molecule has 8 nitrogen and oxygen atoms in total. The molecule has 0 amide bonds. The molecule has 1 aromatic heterocycles. The number of rotatable bonds is 3. The highest BCUT2D eigenvalue weighted by molar-refractivity contribution is 5.86. The Morgan fingerprint density at radius 1 is 0.913 bits per heavy atom. The highest BCUT2D eigenvalue weighted by Crippen LogP contribution is 2.28. The number of para-hydroxylation sites is 1. The lowest BCUT2D eigenvalue weighted by Crippen LogP contribution is -2.02. The van der Waals surface area contributed by atoms with E-state index in [4.69, 9.17) is 4.42 Å². The Morgan fingerprint density at radius 2 is 1.61 bits per heavy atom. The summed E-state index contributed by atoms with van der Waals surface area (Å²) in [7, 11) is 0. The van der Waals surface area contributed by atoms with Crippen LogP contribution in [0.3, 0.4) is 0 Å². The van der Waals surface area contributed by atoms with Crippen LogP contribution in [0.25, 0.3) is 22.3 Å². The van der Waals surface area contributed by atoms with Gasteiger partial charge in [-0.25, -0.2) is 0 Å². The highest BCUT2D eigenvalue weighted by atomic mass is 16.6. The minimum absolute atomic E-state index is 0.102. The molecular weight excluding hydrogens is 304 g/mol. The summed E-state index contributed by atoms with van der Waals surface area (Å²) in [6, 6.07) is 10.6. The van der Waals surface area contributed by atoms with Gasteiger partial charge in [-0.2, -0.15) is 0 Å². The van der Waals surface area contributed by atoms with Gasteiger partial charge in [-0.1, -0.05) is 6.07 Å². The Balaban J connectivity index is 2.22. The van der Waals surface area contributed by atoms with Crippen molar-refractivity contribution in [1.82, 2.24) is 0 Å². The standard InChI is InChI=1S/C15H8N2O6/c18-13-8-14(9-4-6-10(7-5-9)16(19)20)23-15-11(13)2-1-3-12(15)17(21)22/h1-8H. The van der Waals surface area contributed by atoms with Crippen molar-refractivity contribution in [2.75, 3.05) is 0 Å². The van der Waals surface area contributed by atoms with E-state index >= 15 is 0 Å². The molecule has 0 radical (unpaired) electrons. The van der Waals surface area contributed by atoms with E-state index in [9.17, 15) is 25.0 Å². The van der Waals surface area contributed by atoms with Gasteiger partial charge < -0.3 is 4.42 Å². The first-order valence-electron chi connectivity index (χ1n) is 6.43. The van der Waals surface area contributed by atoms with Gasteiger partial charge in [0.2, 0.25) is 5.58 Å². The van der Waals surface area contributed by atoms with Crippen LogP contribution in [-0.4, -0.2) is 9.85 Å². The fraction of sp³-hybridized carbons (Fsp3) is 0. The molecule has 0 N–H and O–H groups in total. The normalized spacial score (nSPS) is 10.6. The van der Waals surface area contributed by atoms with Crippen LogP contribution in [0.2, 0.25) is 0 Å². The first-order chi connectivity index (χ1) is 11.0. The zero-order chi connectivity index (χ0) is 16.6. The molecule has 2 aromatic carbocycles. The lowest BCUT2D eigenvalue weighted by Gasteiger charge is -2.03. The summed E-state index contributed by atoms with van der Waals surface area (Å²) in [4.78, 5) is 32.7. The zero-order valence-corrected chi connectivity index (χ0v) is 11.5. The minimum atomic E-state index is -0.634. The van der Waals surface area contributed by atoms with Crippen molar-refractivity contribution in [3.8, 4) is 11.3 Å². The number of fused-ring (bicyclic) bond motifs is 1. The van der Waals surface area contributed by atoms with E-state index in [1.54, 1.807) is 0 Å². The number of non-ortho nitro benzene ring substituents is 2. The second-order valence-corrected chi connectivity index (χ2v) is 4.69. The molecule has 0 aliphatic heterocycles. The molecule has 114 valence electrons. The van der Waals surface area contributed by atoms with Crippen molar-refractivity contribution in [2.24, 2.45) is 0 Å². The Hall–Kier alpha value is -3.55. The summed E-state index contributed by atoms with van der Waals surface area (Å²) in [6.45, 7) is 0. The molecule has 3 rings (SSSR count). The van der Waals surface area contributed by atoms with Crippen molar-refractivity contribution >= 4 is 22.3 Å². The fourth-order valence-corrected chi connectivity index (χ4v) is 2.20. The molecule has 0 fully saturated rings. The first kappa shape index (κ1) is 14.4. The monoisotopic (exact) mass is 312 g/mol. The van der Waals surface area contributed by atoms with Crippen LogP contribution in [0.5, 0.6) is 0 Å². The summed E-state index contributed by atoms with van der Waals surface area (Å²) in [5.74, 6) is 0.103. The van der Waals surface area contributed by atoms with Gasteiger partial charge in [-0.05, 0) is 18.2 Å². The molecule has 0 aliphatic carbocycles. The van der Waals surface area contributed by atoms with E-state index in [-0.39, 0.29) is 28.1 Å². The molecule has 0 aliphatic rings. The van der Waals surface area contributed by atoms with Crippen molar-refractivity contribution in [3.63, 3.8) is 0 Å². The molecule has 0 atom stereocenters. The van der Waals surface area contributed by atoms with Crippen LogP contribution >= 0.6 is 0 Å². The van der Waals surface area contributed by atoms with Crippen LogP contribution in [-0.2, 0) is 0 Å². The van der Waals surface area contributed by atoms with E-state index in [0.29, 0.717) is 5.56 Å². The summed E-state index contributed by atoms with van der Waals surface area (Å²) in [5.41, 5.74) is -0.569. The predicted octanol–water partition coefficient (Wildman–Crippen LogP) is 3.28. The maximum atomic E-state index is 12.1. The van der Waals surface area contributed by atoms with Gasteiger partial charge in [0.25, 0.3) is 5.69 Å². The highest BCUT2D eigenvalue weighted by Gasteiger charge is 2.17. The average Bonchev–Trinajstić information content (AvgIpc) is 2.54. The largest absolute Gasteiger partial charge is 0.449 e. The SMILES string of the molecule is O=c1cc(-c2ccc([N+](=O)[O-])cc2)oc2c([N+](=O)[O-])cccc12. The van der Waals surface area contributed by atoms with Crippen molar-refractivity contribution < 1.29 is 14.3 Å². The molecule has 0 unspecified atom stereocenters. The number of nitro groups is 2. The number of nitro benzene ring substituents is 2. The first-order valence-corrected chi connectivity index (χ1v) is 6.43. The molecule has 23 heavy (non-hydrogen) atoms. The van der Waals surface area contributed by atoms with Crippen molar-refractivity contribution in [1.29, 1.82) is 0 Å². The summed E-state index contributed by atoms with van der Waals surface area (Å²) in [6.07, 6.45) is 0. The molecule has 3 aromatic rings. The van der Waals surface area contributed by atoms with E-state index in [2.05, 4.69) is 0 Å². The van der Waals surface area contributed by atoms with Gasteiger partial charge in [0, 0.05) is 29.8 Å². The van der Waals surface area contributed by atoms with Crippen molar-refractivity contribution in [3.05, 3.63) is 79.0 Å². The van der Waals surface area contributed by atoms with Gasteiger partial charge in [0.1, 0.15) is 5.76 Å². The summed E-state index contributed by atoms with van der Waals surface area (Å²) in [5, 5.41) is 21.8. The average molecular weight is 312 g/mol. The smallest absolute Gasteiger partial charge is 0.312 e. The van der Waals surface area contributed by atoms with E-state index in [0.717, 1.165) is 0 Å². The lowest BCUT2D eigenvalue weighted by atomic mass is 10.1. The third-order valence-electron chi connectivity index (χ3n) is 3.29. The quantitative estimate of drug-likeness (QED) is 0.541. The molecule has 0 spiro atoms. The topological polar surface area (TPSA) is 116 Å². The molecule has 8 heteroatoms. The Kier molecular flexibility index (Phi) is 3.34. The predicted molar refractivity (Wildman–Crippen MR) is 81.2 cm³/mol. The van der Waals surface area contributed by atoms with Crippen LogP contribution in [0.15, 0.2) is 57.7 Å². The summed E-state index contributed by atoms with van der Waals surface area (Å²) >= 11 is 0. The Bertz CT molecular complexity index is 991. The van der Waals surface area contributed by atoms with Gasteiger partial charge in [0.15, 0.2) is 5.43 Å². The van der Waals surface area contributed by atoms with E-state index in [1.807, 2.05) is 0 Å². The lowest BCUT2D eigenvalue weighted by molar-refractivity contribution is -0.384. The van der Waals surface area contributed by atoms with E-state index in [1.165, 1.54) is 48.5 Å².